The van der Waals surface area contributed by atoms with Crippen LogP contribution in [0.15, 0.2) is 200 Å². The van der Waals surface area contributed by atoms with E-state index < -0.39 is 0 Å². The Morgan fingerprint density at radius 2 is 0.822 bits per heavy atom. The van der Waals surface area contributed by atoms with Gasteiger partial charge in [0.15, 0.2) is 0 Å². The van der Waals surface area contributed by atoms with Gasteiger partial charge in [-0.25, -0.2) is 4.85 Å². The van der Waals surface area contributed by atoms with Crippen molar-refractivity contribution in [3.8, 4) is 28.8 Å². The molecule has 342 valence electrons. The fourth-order valence-electron chi connectivity index (χ4n) is 12.2. The van der Waals surface area contributed by atoms with E-state index in [0.717, 1.165) is 103 Å². The van der Waals surface area contributed by atoms with Crippen molar-refractivity contribution >= 4 is 124 Å². The molecular weight excluding hydrogens is 909 g/mol. The Hall–Kier alpha value is -9.40. The van der Waals surface area contributed by atoms with Crippen molar-refractivity contribution in [1.29, 1.82) is 5.26 Å². The summed E-state index contributed by atoms with van der Waals surface area (Å²) < 4.78 is 11.6. The van der Waals surface area contributed by atoms with Crippen LogP contribution in [0.2, 0.25) is 0 Å². The lowest BCUT2D eigenvalue weighted by molar-refractivity contribution is 0.591. The van der Waals surface area contributed by atoms with Crippen LogP contribution in [-0.2, 0) is 5.41 Å². The molecule has 0 amide bonds. The summed E-state index contributed by atoms with van der Waals surface area (Å²) in [6, 6.07) is 74.1. The van der Waals surface area contributed by atoms with Gasteiger partial charge in [-0.15, -0.1) is 11.3 Å². The SMILES string of the molecule is [C-]#[N+]c1c(-n2c3ccccc3c3ccccc32)c(C#N)c(-n2c3ccccc3c3ccccc32)c(-n2c3ccc(C(C)(C)C)cc3c3ccc4c5ccccc5sc4c32)c1-n1c2ccccc2c2ccccc21. The highest BCUT2D eigenvalue weighted by Crippen LogP contribution is 2.53. The van der Waals surface area contributed by atoms with Gasteiger partial charge >= 0.3 is 0 Å². The molecule has 0 unspecified atom stereocenters. The van der Waals surface area contributed by atoms with E-state index in [1.54, 1.807) is 11.3 Å². The summed E-state index contributed by atoms with van der Waals surface area (Å²) in [5.41, 5.74) is 12.2. The van der Waals surface area contributed by atoms with Crippen LogP contribution >= 0.6 is 11.3 Å². The van der Waals surface area contributed by atoms with Crippen LogP contribution in [0.4, 0.5) is 5.69 Å². The number of fused-ring (bicyclic) bond motifs is 16. The minimum Gasteiger partial charge on any atom is -0.318 e. The molecule has 0 fully saturated rings. The number of para-hydroxylation sites is 6. The maximum absolute atomic E-state index is 12.5. The molecule has 7 heteroatoms. The first-order chi connectivity index (χ1) is 35.8. The molecule has 15 rings (SSSR count). The molecule has 0 N–H and O–H groups in total. The number of benzene rings is 10. The molecule has 0 radical (unpaired) electrons. The zero-order chi connectivity index (χ0) is 48.9. The van der Waals surface area contributed by atoms with Crippen LogP contribution in [0, 0.1) is 17.9 Å². The Morgan fingerprint density at radius 3 is 1.29 bits per heavy atom. The molecule has 0 spiro atoms. The van der Waals surface area contributed by atoms with Crippen LogP contribution in [0.25, 0.3) is 135 Å². The second-order valence-electron chi connectivity index (χ2n) is 20.2. The molecule has 0 bridgehead atoms. The van der Waals surface area contributed by atoms with Gasteiger partial charge in [0.05, 0.1) is 83.7 Å². The Kier molecular flexibility index (Phi) is 8.54. The van der Waals surface area contributed by atoms with E-state index in [9.17, 15) is 11.8 Å². The minimum absolute atomic E-state index is 0.137. The van der Waals surface area contributed by atoms with E-state index in [-0.39, 0.29) is 5.41 Å². The lowest BCUT2D eigenvalue weighted by Crippen LogP contribution is -2.15. The molecule has 5 heterocycles. The Balaban J connectivity index is 1.30. The van der Waals surface area contributed by atoms with Crippen LogP contribution in [0.3, 0.4) is 0 Å². The van der Waals surface area contributed by atoms with Crippen molar-refractivity contribution in [3.05, 3.63) is 223 Å². The molecule has 5 aromatic heterocycles. The molecule has 0 atom stereocenters. The summed E-state index contributed by atoms with van der Waals surface area (Å²) in [4.78, 5) is 4.78. The molecule has 0 aliphatic carbocycles. The highest BCUT2D eigenvalue weighted by Gasteiger charge is 2.35. The second-order valence-corrected chi connectivity index (χ2v) is 21.3. The first-order valence-electron chi connectivity index (χ1n) is 24.7. The van der Waals surface area contributed by atoms with Gasteiger partial charge in [-0.1, -0.05) is 166 Å². The molecule has 73 heavy (non-hydrogen) atoms. The number of thiophene rings is 1. The number of rotatable bonds is 4. The Morgan fingerprint density at radius 1 is 0.411 bits per heavy atom. The van der Waals surface area contributed by atoms with Crippen molar-refractivity contribution in [2.75, 3.05) is 0 Å². The molecular formula is C66H42N6S. The normalized spacial score (nSPS) is 12.3. The second kappa shape index (κ2) is 15.1. The van der Waals surface area contributed by atoms with E-state index in [1.165, 1.54) is 15.6 Å². The highest BCUT2D eigenvalue weighted by atomic mass is 32.1. The summed E-state index contributed by atoms with van der Waals surface area (Å²) in [6.07, 6.45) is 0. The van der Waals surface area contributed by atoms with E-state index >= 15 is 0 Å². The van der Waals surface area contributed by atoms with Crippen molar-refractivity contribution in [2.45, 2.75) is 26.2 Å². The first kappa shape index (κ1) is 41.4. The molecule has 6 nitrogen and oxygen atoms in total. The van der Waals surface area contributed by atoms with E-state index in [4.69, 9.17) is 4.85 Å². The van der Waals surface area contributed by atoms with Crippen molar-refractivity contribution in [3.63, 3.8) is 0 Å². The molecule has 15 aromatic rings. The third-order valence-electron chi connectivity index (χ3n) is 15.4. The predicted molar refractivity (Wildman–Crippen MR) is 306 cm³/mol. The Labute approximate surface area is 423 Å². The van der Waals surface area contributed by atoms with E-state index in [2.05, 4.69) is 245 Å². The third-order valence-corrected chi connectivity index (χ3v) is 16.6. The van der Waals surface area contributed by atoms with Gasteiger partial charge in [0.2, 0.25) is 5.69 Å². The number of hydrogen-bond donors (Lipinski definition) is 0. The predicted octanol–water partition coefficient (Wildman–Crippen LogP) is 18.2. The molecule has 0 aliphatic heterocycles. The Bertz CT molecular complexity index is 4680. The van der Waals surface area contributed by atoms with E-state index in [0.29, 0.717) is 28.3 Å². The third kappa shape index (κ3) is 5.55. The maximum Gasteiger partial charge on any atom is 0.237 e. The number of aromatic nitrogens is 4. The summed E-state index contributed by atoms with van der Waals surface area (Å²) >= 11 is 1.80. The zero-order valence-corrected chi connectivity index (χ0v) is 41.0. The average Bonchev–Trinajstić information content (AvgIpc) is 4.23. The van der Waals surface area contributed by atoms with Gasteiger partial charge in [0.1, 0.15) is 6.07 Å². The smallest absolute Gasteiger partial charge is 0.237 e. The molecule has 0 saturated carbocycles. The minimum atomic E-state index is -0.137. The van der Waals surface area contributed by atoms with Gasteiger partial charge in [-0.05, 0) is 65.6 Å². The summed E-state index contributed by atoms with van der Waals surface area (Å²) in [6.45, 7) is 16.6. The first-order valence-corrected chi connectivity index (χ1v) is 25.5. The summed E-state index contributed by atoms with van der Waals surface area (Å²) in [7, 11) is 0. The lowest BCUT2D eigenvalue weighted by Gasteiger charge is -2.27. The van der Waals surface area contributed by atoms with Gasteiger partial charge < -0.3 is 18.3 Å². The van der Waals surface area contributed by atoms with Gasteiger partial charge in [0.25, 0.3) is 0 Å². The van der Waals surface area contributed by atoms with Crippen molar-refractivity contribution < 1.29 is 0 Å². The maximum atomic E-state index is 12.5. The monoisotopic (exact) mass is 950 g/mol. The fraction of sp³-hybridized carbons (Fsp3) is 0.0606. The van der Waals surface area contributed by atoms with Gasteiger partial charge in [0, 0.05) is 58.6 Å². The largest absolute Gasteiger partial charge is 0.318 e. The van der Waals surface area contributed by atoms with Crippen LogP contribution in [0.5, 0.6) is 0 Å². The average molecular weight is 951 g/mol. The number of hydrogen-bond acceptors (Lipinski definition) is 2. The topological polar surface area (TPSA) is 47.9 Å². The van der Waals surface area contributed by atoms with Crippen LogP contribution in [0.1, 0.15) is 31.9 Å². The molecule has 0 aliphatic rings. The van der Waals surface area contributed by atoms with Gasteiger partial charge in [-0.2, -0.15) is 5.26 Å². The standard InChI is InChI=1S/C66H42N6S/c1-66(2,3)39-33-36-57-49(37-39)47-34-35-48-46-25-11-18-32-58(46)73-65(48)62(47)72(57)64-61(70-53-28-14-7-21-42(53)43-22-8-15-29-54(43)70)50(38-67)60(69-51-26-12-5-19-40(51)41-20-6-13-27-52(41)69)59(68-4)63(64)71-55-30-16-9-23-44(55)45-24-10-17-31-56(45)71/h5-37H,1-3H3. The van der Waals surface area contributed by atoms with Gasteiger partial charge in [-0.3, -0.25) is 0 Å². The lowest BCUT2D eigenvalue weighted by atomic mass is 9.86. The summed E-state index contributed by atoms with van der Waals surface area (Å²) in [5.74, 6) is 0. The zero-order valence-electron chi connectivity index (χ0n) is 40.1. The quantitative estimate of drug-likeness (QED) is 0.162. The van der Waals surface area contributed by atoms with Crippen LogP contribution < -0.4 is 0 Å². The molecule has 0 saturated heterocycles. The van der Waals surface area contributed by atoms with Crippen molar-refractivity contribution in [2.24, 2.45) is 0 Å². The van der Waals surface area contributed by atoms with Crippen molar-refractivity contribution in [1.82, 2.24) is 18.3 Å². The number of nitrogens with zero attached hydrogens (tertiary/aromatic N) is 6. The summed E-state index contributed by atoms with van der Waals surface area (Å²) in [5, 5.41) is 23.5. The molecule has 10 aromatic carbocycles. The highest BCUT2D eigenvalue weighted by molar-refractivity contribution is 7.26. The van der Waals surface area contributed by atoms with E-state index in [1.807, 2.05) is 0 Å². The van der Waals surface area contributed by atoms with Crippen LogP contribution in [-0.4, -0.2) is 18.3 Å². The fourth-order valence-corrected chi connectivity index (χ4v) is 13.5. The number of nitriles is 1.